The van der Waals surface area contributed by atoms with Gasteiger partial charge in [-0.05, 0) is 51.5 Å². The molecule has 1 aliphatic heterocycles. The van der Waals surface area contributed by atoms with E-state index in [2.05, 4.69) is 10.2 Å². The summed E-state index contributed by atoms with van der Waals surface area (Å²) in [6.45, 7) is 7.08. The van der Waals surface area contributed by atoms with E-state index in [0.29, 0.717) is 31.2 Å². The molecule has 6 nitrogen and oxygen atoms in total. The number of aromatic nitrogens is 2. The number of amides is 1. The zero-order chi connectivity index (χ0) is 17.9. The Kier molecular flexibility index (Phi) is 5.79. The summed E-state index contributed by atoms with van der Waals surface area (Å²) < 4.78 is 11.1. The van der Waals surface area contributed by atoms with Gasteiger partial charge in [-0.15, -0.1) is 0 Å². The number of carbonyl (C=O) groups is 1. The topological polar surface area (TPSA) is 67.5 Å². The Morgan fingerprint density at radius 2 is 2.04 bits per heavy atom. The third kappa shape index (κ3) is 3.90. The molecular weight excluding hydrogens is 318 g/mol. The maximum atomic E-state index is 12.6. The highest BCUT2D eigenvalue weighted by atomic mass is 16.5. The highest BCUT2D eigenvalue weighted by molar-refractivity contribution is 5.76. The molecule has 2 aliphatic rings. The Balaban J connectivity index is 1.45. The smallest absolute Gasteiger partial charge is 0.222 e. The van der Waals surface area contributed by atoms with Gasteiger partial charge in [-0.3, -0.25) is 9.89 Å². The van der Waals surface area contributed by atoms with Crippen molar-refractivity contribution >= 4 is 5.91 Å². The fourth-order valence-corrected chi connectivity index (χ4v) is 4.31. The summed E-state index contributed by atoms with van der Waals surface area (Å²) in [5.41, 5.74) is 3.58. The lowest BCUT2D eigenvalue weighted by Gasteiger charge is -2.53. The van der Waals surface area contributed by atoms with Crippen LogP contribution in [0.3, 0.4) is 0 Å². The SMILES string of the molecule is COCCOC1CCC12CCN(C(=O)CCc1c(C)n[nH]c1C)CC2. The number of aromatic amines is 1. The minimum Gasteiger partial charge on any atom is -0.382 e. The number of rotatable bonds is 7. The van der Waals surface area contributed by atoms with E-state index in [4.69, 9.17) is 9.47 Å². The van der Waals surface area contributed by atoms with Gasteiger partial charge in [-0.1, -0.05) is 0 Å². The molecule has 1 atom stereocenters. The Morgan fingerprint density at radius 1 is 1.28 bits per heavy atom. The molecule has 1 saturated heterocycles. The van der Waals surface area contributed by atoms with Crippen molar-refractivity contribution in [2.45, 2.75) is 58.5 Å². The van der Waals surface area contributed by atoms with Gasteiger partial charge in [0.15, 0.2) is 0 Å². The molecule has 3 rings (SSSR count). The molecule has 2 fully saturated rings. The van der Waals surface area contributed by atoms with Crippen molar-refractivity contribution in [3.8, 4) is 0 Å². The first-order chi connectivity index (χ1) is 12.1. The average Bonchev–Trinajstić information content (AvgIpc) is 2.94. The quantitative estimate of drug-likeness (QED) is 0.768. The largest absolute Gasteiger partial charge is 0.382 e. The predicted octanol–water partition coefficient (Wildman–Crippen LogP) is 2.39. The van der Waals surface area contributed by atoms with Crippen LogP contribution in [0.2, 0.25) is 0 Å². The van der Waals surface area contributed by atoms with Crippen LogP contribution in [0.15, 0.2) is 0 Å². The van der Waals surface area contributed by atoms with Crippen LogP contribution in [0, 0.1) is 19.3 Å². The fourth-order valence-electron chi connectivity index (χ4n) is 4.31. The summed E-state index contributed by atoms with van der Waals surface area (Å²) >= 11 is 0. The number of H-pyrrole nitrogens is 1. The minimum absolute atomic E-state index is 0.269. The van der Waals surface area contributed by atoms with Crippen molar-refractivity contribution in [3.63, 3.8) is 0 Å². The number of carbonyl (C=O) groups excluding carboxylic acids is 1. The Hall–Kier alpha value is -1.40. The van der Waals surface area contributed by atoms with Gasteiger partial charge in [0.25, 0.3) is 0 Å². The zero-order valence-electron chi connectivity index (χ0n) is 15.8. The normalized spacial score (nSPS) is 22.2. The third-order valence-corrected chi connectivity index (χ3v) is 6.18. The van der Waals surface area contributed by atoms with Crippen molar-refractivity contribution in [2.75, 3.05) is 33.4 Å². The van der Waals surface area contributed by atoms with E-state index < -0.39 is 0 Å². The number of hydrogen-bond donors (Lipinski definition) is 1. The lowest BCUT2D eigenvalue weighted by molar-refractivity contribution is -0.153. The average molecular weight is 349 g/mol. The van der Waals surface area contributed by atoms with Gasteiger partial charge in [0.1, 0.15) is 0 Å². The van der Waals surface area contributed by atoms with Crippen LogP contribution in [0.25, 0.3) is 0 Å². The standard InChI is InChI=1S/C19H31N3O3/c1-14-16(15(2)21-20-14)4-5-18(23)22-10-8-19(9-11-22)7-6-17(19)25-13-12-24-3/h17H,4-13H2,1-3H3,(H,20,21). The molecule has 0 radical (unpaired) electrons. The van der Waals surface area contributed by atoms with Gasteiger partial charge in [0, 0.05) is 37.7 Å². The molecule has 25 heavy (non-hydrogen) atoms. The molecule has 1 saturated carbocycles. The van der Waals surface area contributed by atoms with Gasteiger partial charge >= 0.3 is 0 Å². The number of nitrogens with one attached hydrogen (secondary N) is 1. The second kappa shape index (κ2) is 7.87. The molecular formula is C19H31N3O3. The molecule has 6 heteroatoms. The number of piperidine rings is 1. The van der Waals surface area contributed by atoms with E-state index in [1.54, 1.807) is 7.11 Å². The number of nitrogens with zero attached hydrogens (tertiary/aromatic N) is 2. The summed E-state index contributed by atoms with van der Waals surface area (Å²) in [5, 5.41) is 7.20. The number of likely N-dealkylation sites (tertiary alicyclic amines) is 1. The fraction of sp³-hybridized carbons (Fsp3) is 0.789. The maximum absolute atomic E-state index is 12.6. The summed E-state index contributed by atoms with van der Waals surface area (Å²) in [6, 6.07) is 0. The molecule has 1 spiro atoms. The lowest BCUT2D eigenvalue weighted by Crippen LogP contribution is -2.54. The summed E-state index contributed by atoms with van der Waals surface area (Å²) in [5.74, 6) is 0.269. The van der Waals surface area contributed by atoms with Crippen molar-refractivity contribution in [2.24, 2.45) is 5.41 Å². The molecule has 1 unspecified atom stereocenters. The molecule has 1 aromatic heterocycles. The summed E-state index contributed by atoms with van der Waals surface area (Å²) in [7, 11) is 1.70. The van der Waals surface area contributed by atoms with Crippen molar-refractivity contribution in [1.29, 1.82) is 0 Å². The molecule has 0 aromatic carbocycles. The molecule has 1 amide bonds. The Bertz CT molecular complexity index is 571. The van der Waals surface area contributed by atoms with Crippen LogP contribution >= 0.6 is 0 Å². The van der Waals surface area contributed by atoms with Gasteiger partial charge in [0.2, 0.25) is 5.91 Å². The van der Waals surface area contributed by atoms with Crippen LogP contribution in [0.1, 0.15) is 49.1 Å². The maximum Gasteiger partial charge on any atom is 0.222 e. The summed E-state index contributed by atoms with van der Waals surface area (Å²) in [6.07, 6.45) is 6.23. The van der Waals surface area contributed by atoms with Gasteiger partial charge in [-0.2, -0.15) is 5.10 Å². The van der Waals surface area contributed by atoms with E-state index in [-0.39, 0.29) is 5.91 Å². The van der Waals surface area contributed by atoms with Crippen molar-refractivity contribution in [3.05, 3.63) is 17.0 Å². The van der Waals surface area contributed by atoms with E-state index in [0.717, 1.165) is 50.2 Å². The lowest BCUT2D eigenvalue weighted by atomic mass is 9.60. The van der Waals surface area contributed by atoms with E-state index in [1.807, 2.05) is 18.7 Å². The Labute approximate surface area is 150 Å². The molecule has 1 N–H and O–H groups in total. The van der Waals surface area contributed by atoms with Crippen molar-refractivity contribution in [1.82, 2.24) is 15.1 Å². The van der Waals surface area contributed by atoms with Gasteiger partial charge in [-0.25, -0.2) is 0 Å². The van der Waals surface area contributed by atoms with Gasteiger partial charge < -0.3 is 14.4 Å². The third-order valence-electron chi connectivity index (χ3n) is 6.18. The molecule has 0 bridgehead atoms. The highest BCUT2D eigenvalue weighted by Gasteiger charge is 2.49. The van der Waals surface area contributed by atoms with Crippen LogP contribution in [-0.4, -0.2) is 60.5 Å². The number of methoxy groups -OCH3 is 1. The molecule has 1 aromatic rings. The molecule has 2 heterocycles. The first-order valence-corrected chi connectivity index (χ1v) is 9.44. The number of ether oxygens (including phenoxy) is 2. The summed E-state index contributed by atoms with van der Waals surface area (Å²) in [4.78, 5) is 14.6. The number of aryl methyl sites for hydroxylation is 2. The van der Waals surface area contributed by atoms with E-state index in [1.165, 1.54) is 12.0 Å². The van der Waals surface area contributed by atoms with E-state index in [9.17, 15) is 4.79 Å². The van der Waals surface area contributed by atoms with Crippen LogP contribution in [0.5, 0.6) is 0 Å². The second-order valence-electron chi connectivity index (χ2n) is 7.55. The molecule has 140 valence electrons. The molecule has 1 aliphatic carbocycles. The number of hydrogen-bond acceptors (Lipinski definition) is 4. The van der Waals surface area contributed by atoms with E-state index >= 15 is 0 Å². The van der Waals surface area contributed by atoms with Crippen LogP contribution < -0.4 is 0 Å². The van der Waals surface area contributed by atoms with Crippen LogP contribution in [-0.2, 0) is 20.7 Å². The second-order valence-corrected chi connectivity index (χ2v) is 7.55. The predicted molar refractivity (Wildman–Crippen MR) is 95.5 cm³/mol. The van der Waals surface area contributed by atoms with Gasteiger partial charge in [0.05, 0.1) is 25.0 Å². The first kappa shape index (κ1) is 18.4. The highest BCUT2D eigenvalue weighted by Crippen LogP contribution is 2.50. The monoisotopic (exact) mass is 349 g/mol. The zero-order valence-corrected chi connectivity index (χ0v) is 15.8. The van der Waals surface area contributed by atoms with Crippen molar-refractivity contribution < 1.29 is 14.3 Å². The first-order valence-electron chi connectivity index (χ1n) is 9.44. The minimum atomic E-state index is 0.269. The van der Waals surface area contributed by atoms with Crippen LogP contribution in [0.4, 0.5) is 0 Å². The Morgan fingerprint density at radius 3 is 2.60 bits per heavy atom.